The summed E-state index contributed by atoms with van der Waals surface area (Å²) >= 11 is 13.3. The molecule has 0 aliphatic carbocycles. The Morgan fingerprint density at radius 1 is 1.03 bits per heavy atom. The molecule has 8 nitrogen and oxygen atoms in total. The molecule has 1 aliphatic rings. The number of piperazine rings is 1. The smallest absolute Gasteiger partial charge is 0.320 e. The highest BCUT2D eigenvalue weighted by molar-refractivity contribution is 7.99. The summed E-state index contributed by atoms with van der Waals surface area (Å²) in [5.74, 6) is -0.310. The summed E-state index contributed by atoms with van der Waals surface area (Å²) in [6.07, 6.45) is 0. The number of carbonyl (C=O) groups excluding carboxylic acids is 2. The zero-order valence-corrected chi connectivity index (χ0v) is 21.8. The fraction of sp³-hybridized carbons (Fsp3) is 0.333. The van der Waals surface area contributed by atoms with E-state index in [-0.39, 0.29) is 23.2 Å². The number of nitrogens with zero attached hydrogens (tertiary/aromatic N) is 4. The van der Waals surface area contributed by atoms with Gasteiger partial charge in [0.05, 0.1) is 14.8 Å². The predicted octanol–water partition coefficient (Wildman–Crippen LogP) is 5.67. The minimum absolute atomic E-state index is 0.0366. The molecule has 0 N–H and O–H groups in total. The van der Waals surface area contributed by atoms with Gasteiger partial charge in [-0.05, 0) is 43.7 Å². The number of rotatable bonds is 7. The molecule has 0 aromatic heterocycles. The van der Waals surface area contributed by atoms with E-state index < -0.39 is 4.92 Å². The normalized spacial score (nSPS) is 13.5. The molecule has 1 saturated heterocycles. The quantitative estimate of drug-likeness (QED) is 0.258. The SMILES string of the molecule is C=C(C(=O)N1CCN(C(=O)N(CC)CC)CC1)c1ccc(Sc2ccc(Cl)cc2Cl)c([N+](=O)[O-])c1. The Kier molecular flexibility index (Phi) is 9.04. The van der Waals surface area contributed by atoms with Gasteiger partial charge in [0.2, 0.25) is 0 Å². The second kappa shape index (κ2) is 11.8. The number of halogens is 2. The largest absolute Gasteiger partial charge is 0.335 e. The molecule has 1 aliphatic heterocycles. The van der Waals surface area contributed by atoms with Gasteiger partial charge < -0.3 is 14.7 Å². The Bertz CT molecular complexity index is 1150. The van der Waals surface area contributed by atoms with Crippen molar-refractivity contribution in [2.24, 2.45) is 0 Å². The second-order valence-corrected chi connectivity index (χ2v) is 9.76. The molecule has 3 amide bonds. The Balaban J connectivity index is 1.72. The third-order valence-corrected chi connectivity index (χ3v) is 7.55. The number of carbonyl (C=O) groups is 2. The van der Waals surface area contributed by atoms with Crippen LogP contribution in [-0.4, -0.2) is 70.8 Å². The van der Waals surface area contributed by atoms with Gasteiger partial charge in [-0.25, -0.2) is 4.79 Å². The monoisotopic (exact) mass is 536 g/mol. The molecule has 11 heteroatoms. The maximum Gasteiger partial charge on any atom is 0.320 e. The van der Waals surface area contributed by atoms with Gasteiger partial charge in [-0.2, -0.15) is 0 Å². The van der Waals surface area contributed by atoms with Crippen molar-refractivity contribution >= 4 is 58.2 Å². The highest BCUT2D eigenvalue weighted by Gasteiger charge is 2.28. The fourth-order valence-corrected chi connectivity index (χ4v) is 5.15. The molecule has 0 saturated carbocycles. The first-order valence-electron chi connectivity index (χ1n) is 11.1. The molecule has 0 radical (unpaired) electrons. The molecule has 1 fully saturated rings. The van der Waals surface area contributed by atoms with E-state index in [0.717, 1.165) is 11.8 Å². The number of nitro groups is 1. The third kappa shape index (κ3) is 6.28. The van der Waals surface area contributed by atoms with Crippen molar-refractivity contribution < 1.29 is 14.5 Å². The van der Waals surface area contributed by atoms with Crippen LogP contribution in [0.15, 0.2) is 52.8 Å². The van der Waals surface area contributed by atoms with E-state index in [1.54, 1.807) is 45.0 Å². The summed E-state index contributed by atoms with van der Waals surface area (Å²) in [7, 11) is 0. The highest BCUT2D eigenvalue weighted by atomic mass is 35.5. The molecule has 2 aromatic carbocycles. The molecule has 2 aromatic rings. The summed E-state index contributed by atoms with van der Waals surface area (Å²) in [6.45, 7) is 10.6. The maximum absolute atomic E-state index is 13.1. The van der Waals surface area contributed by atoms with Crippen LogP contribution in [0.2, 0.25) is 10.0 Å². The summed E-state index contributed by atoms with van der Waals surface area (Å²) < 4.78 is 0. The Labute approximate surface area is 218 Å². The van der Waals surface area contributed by atoms with Crippen LogP contribution in [0.5, 0.6) is 0 Å². The molecule has 0 spiro atoms. The van der Waals surface area contributed by atoms with Gasteiger partial charge in [-0.15, -0.1) is 0 Å². The fourth-order valence-electron chi connectivity index (χ4n) is 3.72. The number of benzene rings is 2. The zero-order valence-electron chi connectivity index (χ0n) is 19.5. The summed E-state index contributed by atoms with van der Waals surface area (Å²) in [5.41, 5.74) is 0.384. The van der Waals surface area contributed by atoms with Crippen molar-refractivity contribution in [1.82, 2.24) is 14.7 Å². The highest BCUT2D eigenvalue weighted by Crippen LogP contribution is 2.40. The number of nitro benzene ring substituents is 1. The lowest BCUT2D eigenvalue weighted by molar-refractivity contribution is -0.387. The van der Waals surface area contributed by atoms with Crippen LogP contribution in [-0.2, 0) is 4.79 Å². The van der Waals surface area contributed by atoms with Crippen LogP contribution in [0, 0.1) is 10.1 Å². The molecule has 35 heavy (non-hydrogen) atoms. The number of amides is 3. The Hall–Kier alpha value is -2.75. The van der Waals surface area contributed by atoms with E-state index in [1.807, 2.05) is 13.8 Å². The predicted molar refractivity (Wildman–Crippen MR) is 139 cm³/mol. The molecule has 0 unspecified atom stereocenters. The van der Waals surface area contributed by atoms with Crippen LogP contribution in [0.1, 0.15) is 19.4 Å². The number of hydrogen-bond donors (Lipinski definition) is 0. The standard InChI is InChI=1S/C24H26Cl2N4O4S/c1-4-27(5-2)24(32)29-12-10-28(11-13-29)23(31)16(3)17-6-8-22(20(14-17)30(33)34)35-21-9-7-18(25)15-19(21)26/h6-9,14-15H,3-5,10-13H2,1-2H3. The minimum Gasteiger partial charge on any atom is -0.335 e. The number of hydrogen-bond acceptors (Lipinski definition) is 5. The van der Waals surface area contributed by atoms with Gasteiger partial charge in [-0.3, -0.25) is 14.9 Å². The summed E-state index contributed by atoms with van der Waals surface area (Å²) in [5, 5.41) is 12.6. The van der Waals surface area contributed by atoms with E-state index in [2.05, 4.69) is 6.58 Å². The second-order valence-electron chi connectivity index (χ2n) is 7.83. The van der Waals surface area contributed by atoms with Crippen LogP contribution in [0.25, 0.3) is 5.57 Å². The van der Waals surface area contributed by atoms with Crippen molar-refractivity contribution in [2.45, 2.75) is 23.6 Å². The summed E-state index contributed by atoms with van der Waals surface area (Å²) in [6, 6.07) is 9.47. The molecule has 1 heterocycles. The lowest BCUT2D eigenvalue weighted by Gasteiger charge is -2.37. The average Bonchev–Trinajstić information content (AvgIpc) is 2.85. The molecule has 3 rings (SSSR count). The first-order valence-corrected chi connectivity index (χ1v) is 12.7. The van der Waals surface area contributed by atoms with Crippen molar-refractivity contribution in [2.75, 3.05) is 39.3 Å². The molecule has 186 valence electrons. The van der Waals surface area contributed by atoms with Crippen molar-refractivity contribution in [3.8, 4) is 0 Å². The van der Waals surface area contributed by atoms with Gasteiger partial charge in [0.25, 0.3) is 11.6 Å². The maximum atomic E-state index is 13.1. The van der Waals surface area contributed by atoms with Crippen molar-refractivity contribution in [3.05, 3.63) is 68.7 Å². The van der Waals surface area contributed by atoms with E-state index >= 15 is 0 Å². The molecule has 0 atom stereocenters. The Morgan fingerprint density at radius 2 is 1.63 bits per heavy atom. The van der Waals surface area contributed by atoms with Gasteiger partial charge in [0.1, 0.15) is 0 Å². The number of urea groups is 1. The van der Waals surface area contributed by atoms with Gasteiger partial charge in [-0.1, -0.05) is 47.6 Å². The molecule has 0 bridgehead atoms. The van der Waals surface area contributed by atoms with E-state index in [9.17, 15) is 19.7 Å². The van der Waals surface area contributed by atoms with Crippen molar-refractivity contribution in [1.29, 1.82) is 0 Å². The van der Waals surface area contributed by atoms with E-state index in [4.69, 9.17) is 23.2 Å². The van der Waals surface area contributed by atoms with Crippen molar-refractivity contribution in [3.63, 3.8) is 0 Å². The Morgan fingerprint density at radius 3 is 2.20 bits per heavy atom. The zero-order chi connectivity index (χ0) is 25.7. The van der Waals surface area contributed by atoms with Gasteiger partial charge >= 0.3 is 6.03 Å². The molecular formula is C24H26Cl2N4O4S. The van der Waals surface area contributed by atoms with Gasteiger partial charge in [0.15, 0.2) is 0 Å². The topological polar surface area (TPSA) is 87.0 Å². The van der Waals surface area contributed by atoms with Crippen LogP contribution in [0.3, 0.4) is 0 Å². The molecular weight excluding hydrogens is 511 g/mol. The van der Waals surface area contributed by atoms with Gasteiger partial charge in [0, 0.05) is 60.8 Å². The third-order valence-electron chi connectivity index (χ3n) is 5.75. The first kappa shape index (κ1) is 26.8. The minimum atomic E-state index is -0.495. The average molecular weight is 537 g/mol. The van der Waals surface area contributed by atoms with E-state index in [0.29, 0.717) is 64.7 Å². The first-order chi connectivity index (χ1) is 16.7. The van der Waals surface area contributed by atoms with Crippen LogP contribution < -0.4 is 0 Å². The van der Waals surface area contributed by atoms with E-state index in [1.165, 1.54) is 6.07 Å². The lowest BCUT2D eigenvalue weighted by atomic mass is 10.1. The summed E-state index contributed by atoms with van der Waals surface area (Å²) in [4.78, 5) is 43.0. The van der Waals surface area contributed by atoms with Crippen LogP contribution in [0.4, 0.5) is 10.5 Å². The lowest BCUT2D eigenvalue weighted by Crippen LogP contribution is -2.54. The van der Waals surface area contributed by atoms with Crippen LogP contribution >= 0.6 is 35.0 Å².